The molecule has 0 amide bonds. The molecule has 0 saturated carbocycles. The fourth-order valence-electron chi connectivity index (χ4n) is 1.36. The first-order valence-corrected chi connectivity index (χ1v) is 4.47. The van der Waals surface area contributed by atoms with Gasteiger partial charge in [-0.25, -0.2) is 0 Å². The van der Waals surface area contributed by atoms with Crippen LogP contribution in [0.2, 0.25) is 0 Å². The second-order valence-electron chi connectivity index (χ2n) is 3.92. The zero-order valence-corrected chi connectivity index (χ0v) is 8.20. The Morgan fingerprint density at radius 3 is 2.86 bits per heavy atom. The van der Waals surface area contributed by atoms with Crippen molar-refractivity contribution in [2.75, 3.05) is 6.61 Å². The minimum atomic E-state index is -0.318. The highest BCUT2D eigenvalue weighted by Gasteiger charge is 2.27. The number of hydrogen-bond acceptors (Lipinski definition) is 3. The number of nitriles is 1. The Labute approximate surface area is 82.9 Å². The quantitative estimate of drug-likeness (QED) is 0.627. The average Bonchev–Trinajstić information content (AvgIpc) is 2.15. The third-order valence-corrected chi connectivity index (χ3v) is 2.03. The van der Waals surface area contributed by atoms with E-state index in [9.17, 15) is 0 Å². The van der Waals surface area contributed by atoms with Crippen molar-refractivity contribution in [3.05, 3.63) is 23.8 Å². The molecule has 1 aromatic carbocycles. The fraction of sp³-hybridized carbons (Fsp3) is 0.364. The molecule has 3 nitrogen and oxygen atoms in total. The van der Waals surface area contributed by atoms with E-state index in [1.807, 2.05) is 13.8 Å². The summed E-state index contributed by atoms with van der Waals surface area (Å²) in [6.07, 6.45) is 0. The summed E-state index contributed by atoms with van der Waals surface area (Å²) in [6.45, 7) is 4.44. The largest absolute Gasteiger partial charge is 0.486 e. The van der Waals surface area contributed by atoms with Crippen molar-refractivity contribution in [2.24, 2.45) is 0 Å². The molecular formula is C11H11NO2. The van der Waals surface area contributed by atoms with E-state index in [1.54, 1.807) is 18.2 Å². The van der Waals surface area contributed by atoms with Gasteiger partial charge in [-0.2, -0.15) is 5.26 Å². The first-order valence-electron chi connectivity index (χ1n) is 4.47. The normalized spacial score (nSPS) is 17.2. The third kappa shape index (κ3) is 1.51. The Balaban J connectivity index is 2.40. The van der Waals surface area contributed by atoms with Crippen LogP contribution >= 0.6 is 0 Å². The van der Waals surface area contributed by atoms with Gasteiger partial charge in [-0.05, 0) is 26.0 Å². The Morgan fingerprint density at radius 2 is 2.14 bits per heavy atom. The summed E-state index contributed by atoms with van der Waals surface area (Å²) in [4.78, 5) is 0. The summed E-state index contributed by atoms with van der Waals surface area (Å²) in [5.41, 5.74) is 0.270. The lowest BCUT2D eigenvalue weighted by Gasteiger charge is -2.32. The lowest BCUT2D eigenvalue weighted by atomic mass is 10.1. The fourth-order valence-corrected chi connectivity index (χ4v) is 1.36. The molecule has 0 saturated heterocycles. The monoisotopic (exact) mass is 189 g/mol. The molecule has 0 bridgehead atoms. The maximum Gasteiger partial charge on any atom is 0.163 e. The van der Waals surface area contributed by atoms with E-state index in [4.69, 9.17) is 14.7 Å². The van der Waals surface area contributed by atoms with Crippen molar-refractivity contribution in [2.45, 2.75) is 19.4 Å². The first-order chi connectivity index (χ1) is 6.61. The van der Waals surface area contributed by atoms with E-state index in [2.05, 4.69) is 6.07 Å². The Morgan fingerprint density at radius 1 is 1.36 bits per heavy atom. The standard InChI is InChI=1S/C11H11NO2/c1-11(2)7-13-9-4-3-8(6-12)5-10(9)14-11/h3-5H,7H2,1-2H3. The van der Waals surface area contributed by atoms with Crippen LogP contribution < -0.4 is 9.47 Å². The number of fused-ring (bicyclic) bond motifs is 1. The van der Waals surface area contributed by atoms with E-state index >= 15 is 0 Å². The van der Waals surface area contributed by atoms with Crippen LogP contribution in [0.25, 0.3) is 0 Å². The van der Waals surface area contributed by atoms with Crippen LogP contribution in [0.5, 0.6) is 11.5 Å². The van der Waals surface area contributed by atoms with Gasteiger partial charge in [0.1, 0.15) is 12.2 Å². The minimum Gasteiger partial charge on any atom is -0.486 e. The Hall–Kier alpha value is -1.69. The van der Waals surface area contributed by atoms with Gasteiger partial charge in [0.15, 0.2) is 11.5 Å². The molecule has 0 radical (unpaired) electrons. The SMILES string of the molecule is CC1(C)COc2ccc(C#N)cc2O1. The molecule has 1 aliphatic heterocycles. The van der Waals surface area contributed by atoms with Crippen LogP contribution in [0.3, 0.4) is 0 Å². The highest BCUT2D eigenvalue weighted by Crippen LogP contribution is 2.35. The molecule has 1 aromatic rings. The van der Waals surface area contributed by atoms with Crippen LogP contribution in [0.1, 0.15) is 19.4 Å². The highest BCUT2D eigenvalue weighted by atomic mass is 16.6. The molecule has 0 aliphatic carbocycles. The van der Waals surface area contributed by atoms with Gasteiger partial charge in [-0.1, -0.05) is 0 Å². The van der Waals surface area contributed by atoms with Gasteiger partial charge in [0.05, 0.1) is 11.6 Å². The van der Waals surface area contributed by atoms with Crippen molar-refractivity contribution in [3.8, 4) is 17.6 Å². The second-order valence-corrected chi connectivity index (χ2v) is 3.92. The number of ether oxygens (including phenoxy) is 2. The van der Waals surface area contributed by atoms with Gasteiger partial charge >= 0.3 is 0 Å². The summed E-state index contributed by atoms with van der Waals surface area (Å²) in [6, 6.07) is 7.26. The summed E-state index contributed by atoms with van der Waals surface area (Å²) < 4.78 is 11.2. The van der Waals surface area contributed by atoms with Crippen LogP contribution in [-0.2, 0) is 0 Å². The van der Waals surface area contributed by atoms with Gasteiger partial charge in [-0.3, -0.25) is 0 Å². The molecule has 0 fully saturated rings. The van der Waals surface area contributed by atoms with Gasteiger partial charge in [-0.15, -0.1) is 0 Å². The predicted octanol–water partition coefficient (Wildman–Crippen LogP) is 2.11. The molecule has 72 valence electrons. The van der Waals surface area contributed by atoms with Gasteiger partial charge in [0.2, 0.25) is 0 Å². The van der Waals surface area contributed by atoms with E-state index in [1.165, 1.54) is 0 Å². The number of nitrogens with zero attached hydrogens (tertiary/aromatic N) is 1. The number of rotatable bonds is 0. The molecule has 2 rings (SSSR count). The lowest BCUT2D eigenvalue weighted by Crippen LogP contribution is -2.38. The van der Waals surface area contributed by atoms with Crippen molar-refractivity contribution < 1.29 is 9.47 Å². The van der Waals surface area contributed by atoms with Crippen molar-refractivity contribution in [3.63, 3.8) is 0 Å². The van der Waals surface area contributed by atoms with Gasteiger partial charge < -0.3 is 9.47 Å². The lowest BCUT2D eigenvalue weighted by molar-refractivity contribution is 0.0213. The zero-order valence-electron chi connectivity index (χ0n) is 8.20. The summed E-state index contributed by atoms with van der Waals surface area (Å²) in [7, 11) is 0. The van der Waals surface area contributed by atoms with E-state index < -0.39 is 0 Å². The third-order valence-electron chi connectivity index (χ3n) is 2.03. The maximum absolute atomic E-state index is 8.72. The molecule has 0 spiro atoms. The van der Waals surface area contributed by atoms with Crippen molar-refractivity contribution in [1.82, 2.24) is 0 Å². The summed E-state index contributed by atoms with van der Waals surface area (Å²) in [5, 5.41) is 8.72. The van der Waals surface area contributed by atoms with Crippen molar-refractivity contribution in [1.29, 1.82) is 5.26 Å². The first kappa shape index (κ1) is 8.89. The molecule has 3 heteroatoms. The molecule has 0 N–H and O–H groups in total. The highest BCUT2D eigenvalue weighted by molar-refractivity contribution is 5.47. The second kappa shape index (κ2) is 2.91. The van der Waals surface area contributed by atoms with Gasteiger partial charge in [0.25, 0.3) is 0 Å². The average molecular weight is 189 g/mol. The maximum atomic E-state index is 8.72. The van der Waals surface area contributed by atoms with E-state index in [-0.39, 0.29) is 5.60 Å². The molecule has 0 unspecified atom stereocenters. The van der Waals surface area contributed by atoms with E-state index in [0.717, 1.165) is 0 Å². The van der Waals surface area contributed by atoms with Crippen LogP contribution in [0.15, 0.2) is 18.2 Å². The van der Waals surface area contributed by atoms with Gasteiger partial charge in [0, 0.05) is 6.07 Å². The molecule has 0 atom stereocenters. The van der Waals surface area contributed by atoms with E-state index in [0.29, 0.717) is 23.7 Å². The Kier molecular flexibility index (Phi) is 1.85. The molecule has 1 aliphatic rings. The number of benzene rings is 1. The van der Waals surface area contributed by atoms with Crippen LogP contribution in [-0.4, -0.2) is 12.2 Å². The van der Waals surface area contributed by atoms with Crippen molar-refractivity contribution >= 4 is 0 Å². The molecule has 0 aromatic heterocycles. The summed E-state index contributed by atoms with van der Waals surface area (Å²) >= 11 is 0. The predicted molar refractivity (Wildman–Crippen MR) is 51.4 cm³/mol. The molecule has 14 heavy (non-hydrogen) atoms. The summed E-state index contributed by atoms with van der Waals surface area (Å²) in [5.74, 6) is 1.36. The smallest absolute Gasteiger partial charge is 0.163 e. The number of hydrogen-bond donors (Lipinski definition) is 0. The Bertz CT molecular complexity index is 404. The molecule has 1 heterocycles. The van der Waals surface area contributed by atoms with Crippen LogP contribution in [0.4, 0.5) is 0 Å². The molecular weight excluding hydrogens is 178 g/mol. The zero-order chi connectivity index (χ0) is 10.2. The minimum absolute atomic E-state index is 0.318. The topological polar surface area (TPSA) is 42.2 Å². The van der Waals surface area contributed by atoms with Crippen LogP contribution in [0, 0.1) is 11.3 Å².